The van der Waals surface area contributed by atoms with Crippen LogP contribution >= 0.6 is 12.2 Å². The van der Waals surface area contributed by atoms with Crippen LogP contribution in [0.5, 0.6) is 5.75 Å². The van der Waals surface area contributed by atoms with Gasteiger partial charge in [-0.25, -0.2) is 5.10 Å². The Morgan fingerprint density at radius 1 is 1.00 bits per heavy atom. The van der Waals surface area contributed by atoms with E-state index in [4.69, 9.17) is 17.0 Å². The Labute approximate surface area is 174 Å². The Hall–Kier alpha value is -3.51. The first-order chi connectivity index (χ1) is 14.2. The van der Waals surface area contributed by atoms with Gasteiger partial charge in [0.25, 0.3) is 0 Å². The van der Waals surface area contributed by atoms with E-state index in [9.17, 15) is 0 Å². The van der Waals surface area contributed by atoms with Crippen molar-refractivity contribution < 1.29 is 4.74 Å². The van der Waals surface area contributed by atoms with Crippen molar-refractivity contribution in [1.29, 1.82) is 0 Å². The third kappa shape index (κ3) is 4.50. The largest absolute Gasteiger partial charge is 0.488 e. The molecule has 144 valence electrons. The lowest BCUT2D eigenvalue weighted by molar-refractivity contribution is 0.306. The minimum absolute atomic E-state index is 0.430. The Morgan fingerprint density at radius 2 is 1.72 bits per heavy atom. The fraction of sp³-hybridized carbons (Fsp3) is 0.0870. The van der Waals surface area contributed by atoms with Gasteiger partial charge in [0, 0.05) is 11.1 Å². The molecule has 0 saturated heterocycles. The van der Waals surface area contributed by atoms with Crippen LogP contribution in [0, 0.1) is 11.7 Å². The summed E-state index contributed by atoms with van der Waals surface area (Å²) in [5.74, 6) is 1.42. The number of H-pyrrole nitrogens is 1. The summed E-state index contributed by atoms with van der Waals surface area (Å²) in [5, 5.41) is 11.7. The van der Waals surface area contributed by atoms with Crippen LogP contribution < -0.4 is 4.74 Å². The Kier molecular flexibility index (Phi) is 5.63. The lowest BCUT2D eigenvalue weighted by Gasteiger charge is -2.09. The second-order valence-electron chi connectivity index (χ2n) is 6.59. The van der Waals surface area contributed by atoms with E-state index in [1.807, 2.05) is 85.8 Å². The number of rotatable bonds is 6. The smallest absolute Gasteiger partial charge is 0.216 e. The molecule has 0 amide bonds. The normalized spacial score (nSPS) is 11.1. The van der Waals surface area contributed by atoms with E-state index >= 15 is 0 Å². The van der Waals surface area contributed by atoms with Crippen molar-refractivity contribution in [2.45, 2.75) is 13.5 Å². The molecule has 0 bridgehead atoms. The van der Waals surface area contributed by atoms with Crippen LogP contribution in [0.15, 0.2) is 84.0 Å². The minimum atomic E-state index is 0.430. The number of nitrogens with one attached hydrogen (secondary N) is 1. The molecule has 1 heterocycles. The molecule has 0 aliphatic rings. The number of hydrogen-bond acceptors (Lipinski definition) is 4. The van der Waals surface area contributed by atoms with E-state index in [0.29, 0.717) is 17.2 Å². The number of para-hydroxylation sites is 1. The van der Waals surface area contributed by atoms with Crippen LogP contribution in [0.4, 0.5) is 0 Å². The SMILES string of the molecule is Cc1ccc(-c2n[nH]c(=S)n2/N=C\c2ccccc2OCc2ccccc2)cc1. The molecule has 29 heavy (non-hydrogen) atoms. The van der Waals surface area contributed by atoms with Gasteiger partial charge in [0.1, 0.15) is 12.4 Å². The monoisotopic (exact) mass is 400 g/mol. The maximum Gasteiger partial charge on any atom is 0.216 e. The number of benzene rings is 3. The topological polar surface area (TPSA) is 55.2 Å². The molecule has 1 N–H and O–H groups in total. The number of nitrogens with zero attached hydrogens (tertiary/aromatic N) is 3. The zero-order valence-electron chi connectivity index (χ0n) is 15.9. The second-order valence-corrected chi connectivity index (χ2v) is 6.97. The van der Waals surface area contributed by atoms with Crippen molar-refractivity contribution in [2.75, 3.05) is 0 Å². The van der Waals surface area contributed by atoms with E-state index < -0.39 is 0 Å². The molecule has 0 radical (unpaired) electrons. The standard InChI is InChI=1S/C23H20N4OS/c1-17-11-13-19(14-12-17)22-25-26-23(29)27(22)24-15-20-9-5-6-10-21(20)28-16-18-7-3-2-4-8-18/h2-15H,16H2,1H3,(H,26,29)/b24-15-. The zero-order valence-corrected chi connectivity index (χ0v) is 16.8. The number of aryl methyl sites for hydroxylation is 1. The quantitative estimate of drug-likeness (QED) is 0.349. The van der Waals surface area contributed by atoms with Crippen LogP contribution in [0.3, 0.4) is 0 Å². The Morgan fingerprint density at radius 3 is 2.52 bits per heavy atom. The van der Waals surface area contributed by atoms with Crippen molar-refractivity contribution in [3.8, 4) is 17.1 Å². The van der Waals surface area contributed by atoms with Gasteiger partial charge in [0.15, 0.2) is 5.82 Å². The van der Waals surface area contributed by atoms with Crippen molar-refractivity contribution in [3.05, 3.63) is 100 Å². The summed E-state index contributed by atoms with van der Waals surface area (Å²) >= 11 is 5.36. The van der Waals surface area contributed by atoms with Crippen LogP contribution in [0.2, 0.25) is 0 Å². The number of aromatic amines is 1. The fourth-order valence-electron chi connectivity index (χ4n) is 2.86. The predicted octanol–water partition coefficient (Wildman–Crippen LogP) is 5.38. The summed E-state index contributed by atoms with van der Waals surface area (Å²) in [4.78, 5) is 0. The Balaban J connectivity index is 1.60. The zero-order chi connectivity index (χ0) is 20.1. The van der Waals surface area contributed by atoms with E-state index in [0.717, 1.165) is 22.4 Å². The molecule has 4 rings (SSSR count). The number of hydrogen-bond donors (Lipinski definition) is 1. The van der Waals surface area contributed by atoms with E-state index in [2.05, 4.69) is 15.3 Å². The summed E-state index contributed by atoms with van der Waals surface area (Å²) in [7, 11) is 0. The van der Waals surface area contributed by atoms with Crippen LogP contribution in [-0.4, -0.2) is 21.1 Å². The second kappa shape index (κ2) is 8.67. The summed E-state index contributed by atoms with van der Waals surface area (Å²) in [6.07, 6.45) is 1.74. The van der Waals surface area contributed by atoms with Crippen molar-refractivity contribution >= 4 is 18.4 Å². The molecule has 5 nitrogen and oxygen atoms in total. The molecular weight excluding hydrogens is 380 g/mol. The first kappa shape index (κ1) is 18.8. The van der Waals surface area contributed by atoms with Crippen molar-refractivity contribution in [3.63, 3.8) is 0 Å². The highest BCUT2D eigenvalue weighted by molar-refractivity contribution is 7.71. The highest BCUT2D eigenvalue weighted by atomic mass is 32.1. The molecule has 0 unspecified atom stereocenters. The lowest BCUT2D eigenvalue weighted by atomic mass is 10.1. The summed E-state index contributed by atoms with van der Waals surface area (Å²) in [5.41, 5.74) is 4.09. The average Bonchev–Trinajstić information content (AvgIpc) is 3.13. The van der Waals surface area contributed by atoms with Crippen LogP contribution in [0.1, 0.15) is 16.7 Å². The highest BCUT2D eigenvalue weighted by Crippen LogP contribution is 2.20. The van der Waals surface area contributed by atoms with Crippen molar-refractivity contribution in [1.82, 2.24) is 14.9 Å². The molecule has 6 heteroatoms. The maximum absolute atomic E-state index is 6.00. The van der Waals surface area contributed by atoms with Crippen molar-refractivity contribution in [2.24, 2.45) is 5.10 Å². The van der Waals surface area contributed by atoms with Gasteiger partial charge in [-0.1, -0.05) is 72.3 Å². The van der Waals surface area contributed by atoms with Gasteiger partial charge in [-0.15, -0.1) is 0 Å². The highest BCUT2D eigenvalue weighted by Gasteiger charge is 2.08. The van der Waals surface area contributed by atoms with E-state index in [1.54, 1.807) is 10.9 Å². The first-order valence-electron chi connectivity index (χ1n) is 9.25. The third-order valence-electron chi connectivity index (χ3n) is 4.43. The van der Waals surface area contributed by atoms with Gasteiger partial charge >= 0.3 is 0 Å². The lowest BCUT2D eigenvalue weighted by Crippen LogP contribution is -1.99. The molecule has 1 aromatic heterocycles. The molecule has 0 aliphatic carbocycles. The Bertz CT molecular complexity index is 1180. The minimum Gasteiger partial charge on any atom is -0.488 e. The van der Waals surface area contributed by atoms with Gasteiger partial charge in [-0.2, -0.15) is 14.9 Å². The fourth-order valence-corrected chi connectivity index (χ4v) is 3.04. The van der Waals surface area contributed by atoms with Crippen LogP contribution in [0.25, 0.3) is 11.4 Å². The third-order valence-corrected chi connectivity index (χ3v) is 4.69. The van der Waals surface area contributed by atoms with Gasteiger partial charge in [0.05, 0.1) is 6.21 Å². The van der Waals surface area contributed by atoms with Gasteiger partial charge in [-0.3, -0.25) is 0 Å². The molecule has 0 atom stereocenters. The summed E-state index contributed by atoms with van der Waals surface area (Å²) in [6.45, 7) is 2.54. The molecule has 0 spiro atoms. The molecule has 4 aromatic rings. The van der Waals surface area contributed by atoms with Gasteiger partial charge in [-0.05, 0) is 36.8 Å². The molecule has 0 aliphatic heterocycles. The molecule has 3 aromatic carbocycles. The first-order valence-corrected chi connectivity index (χ1v) is 9.66. The maximum atomic E-state index is 6.00. The average molecular weight is 401 g/mol. The van der Waals surface area contributed by atoms with Gasteiger partial charge in [0.2, 0.25) is 4.77 Å². The van der Waals surface area contributed by atoms with E-state index in [1.165, 1.54) is 5.56 Å². The summed E-state index contributed by atoms with van der Waals surface area (Å²) < 4.78 is 8.05. The van der Waals surface area contributed by atoms with Gasteiger partial charge < -0.3 is 4.74 Å². The van der Waals surface area contributed by atoms with E-state index in [-0.39, 0.29) is 0 Å². The molecule has 0 fully saturated rings. The number of ether oxygens (including phenoxy) is 1. The number of aromatic nitrogens is 3. The predicted molar refractivity (Wildman–Crippen MR) is 118 cm³/mol. The molecule has 0 saturated carbocycles. The summed E-state index contributed by atoms with van der Waals surface area (Å²) in [6, 6.07) is 25.9. The molecular formula is C23H20N4OS. The van der Waals surface area contributed by atoms with Crippen LogP contribution in [-0.2, 0) is 6.61 Å².